The van der Waals surface area contributed by atoms with Crippen LogP contribution >= 0.6 is 0 Å². The summed E-state index contributed by atoms with van der Waals surface area (Å²) >= 11 is 0. The molecule has 2 aromatic rings. The van der Waals surface area contributed by atoms with Crippen LogP contribution in [0.2, 0.25) is 0 Å². The summed E-state index contributed by atoms with van der Waals surface area (Å²) in [6.07, 6.45) is 6.55. The molecule has 1 N–H and O–H groups in total. The molecule has 2 atom stereocenters. The molecule has 2 heterocycles. The van der Waals surface area contributed by atoms with E-state index in [9.17, 15) is 13.2 Å². The molecule has 0 bridgehead atoms. The van der Waals surface area contributed by atoms with Crippen LogP contribution in [0, 0.1) is 0 Å². The average molecular weight is 338 g/mol. The number of aromatic amines is 1. The van der Waals surface area contributed by atoms with Gasteiger partial charge in [0, 0.05) is 37.2 Å². The largest absolute Gasteiger partial charge is 0.297 e. The van der Waals surface area contributed by atoms with Crippen LogP contribution in [-0.2, 0) is 16.4 Å². The van der Waals surface area contributed by atoms with Crippen molar-refractivity contribution in [2.75, 3.05) is 13.3 Å². The van der Waals surface area contributed by atoms with E-state index in [-0.39, 0.29) is 16.9 Å². The van der Waals surface area contributed by atoms with Crippen LogP contribution in [0.5, 0.6) is 0 Å². The van der Waals surface area contributed by atoms with Crippen molar-refractivity contribution < 1.29 is 8.42 Å². The number of nitrogens with one attached hydrogen (secondary N) is 1. The molecule has 0 aliphatic heterocycles. The zero-order valence-electron chi connectivity index (χ0n) is 13.4. The van der Waals surface area contributed by atoms with Gasteiger partial charge in [-0.2, -0.15) is 0 Å². The molecule has 1 saturated carbocycles. The Morgan fingerprint density at radius 3 is 2.87 bits per heavy atom. The smallest absolute Gasteiger partial charge is 0.272 e. The van der Waals surface area contributed by atoms with E-state index in [1.165, 1.54) is 16.8 Å². The second-order valence-corrected chi connectivity index (χ2v) is 8.64. The van der Waals surface area contributed by atoms with Gasteiger partial charge in [-0.25, -0.2) is 17.9 Å². The zero-order valence-corrected chi connectivity index (χ0v) is 14.2. The Balaban J connectivity index is 1.84. The molecular weight excluding hydrogens is 316 g/mol. The maximum Gasteiger partial charge on any atom is 0.272 e. The topological polar surface area (TPSA) is 87.5 Å². The molecule has 8 heteroatoms. The maximum atomic E-state index is 12.0. The van der Waals surface area contributed by atoms with E-state index in [0.717, 1.165) is 19.3 Å². The quantitative estimate of drug-likeness (QED) is 0.891. The number of hydrogen-bond donors (Lipinski definition) is 1. The van der Waals surface area contributed by atoms with Gasteiger partial charge in [-0.15, -0.1) is 0 Å². The van der Waals surface area contributed by atoms with Crippen molar-refractivity contribution in [2.45, 2.75) is 43.5 Å². The molecule has 0 amide bonds. The molecule has 1 fully saturated rings. The fourth-order valence-electron chi connectivity index (χ4n) is 3.51. The average Bonchev–Trinajstić information content (AvgIpc) is 2.95. The second kappa shape index (κ2) is 6.09. The first kappa shape index (κ1) is 16.2. The van der Waals surface area contributed by atoms with E-state index in [1.54, 1.807) is 12.3 Å². The Bertz CT molecular complexity index is 855. The van der Waals surface area contributed by atoms with E-state index in [2.05, 4.69) is 10.1 Å². The highest BCUT2D eigenvalue weighted by Gasteiger charge is 2.35. The second-order valence-electron chi connectivity index (χ2n) is 6.38. The Labute approximate surface area is 135 Å². The summed E-state index contributed by atoms with van der Waals surface area (Å²) < 4.78 is 25.5. The Kier molecular flexibility index (Phi) is 4.29. The summed E-state index contributed by atoms with van der Waals surface area (Å²) in [7, 11) is -1.17. The van der Waals surface area contributed by atoms with Crippen molar-refractivity contribution in [3.05, 3.63) is 34.4 Å². The third-order valence-corrected chi connectivity index (χ3v) is 6.28. The minimum atomic E-state index is -3.08. The predicted molar refractivity (Wildman–Crippen MR) is 88.2 cm³/mol. The fraction of sp³-hybridized carbons (Fsp3) is 0.600. The third kappa shape index (κ3) is 3.32. The van der Waals surface area contributed by atoms with E-state index < -0.39 is 9.84 Å². The molecule has 7 nitrogen and oxygen atoms in total. The molecule has 1 aliphatic rings. The highest BCUT2D eigenvalue weighted by atomic mass is 32.2. The van der Waals surface area contributed by atoms with Gasteiger partial charge < -0.3 is 0 Å². The lowest BCUT2D eigenvalue weighted by molar-refractivity contribution is 0.185. The number of H-pyrrole nitrogens is 1. The fourth-order valence-corrected chi connectivity index (χ4v) is 5.02. The lowest BCUT2D eigenvalue weighted by Crippen LogP contribution is -2.46. The third-order valence-electron chi connectivity index (χ3n) is 4.63. The van der Waals surface area contributed by atoms with Gasteiger partial charge in [0.1, 0.15) is 0 Å². The lowest BCUT2D eigenvalue weighted by Gasteiger charge is -2.36. The summed E-state index contributed by atoms with van der Waals surface area (Å²) in [5.41, 5.74) is 1.07. The minimum absolute atomic E-state index is 0.0229. The van der Waals surface area contributed by atoms with Crippen LogP contribution in [-0.4, -0.2) is 52.5 Å². The van der Waals surface area contributed by atoms with Crippen LogP contribution in [0.3, 0.4) is 0 Å². The van der Waals surface area contributed by atoms with E-state index in [4.69, 9.17) is 0 Å². The van der Waals surface area contributed by atoms with E-state index >= 15 is 0 Å². The molecule has 0 saturated heterocycles. The van der Waals surface area contributed by atoms with Gasteiger partial charge in [-0.3, -0.25) is 14.8 Å². The van der Waals surface area contributed by atoms with Crippen LogP contribution in [0.4, 0.5) is 0 Å². The summed E-state index contributed by atoms with van der Waals surface area (Å²) in [6, 6.07) is 3.22. The molecule has 23 heavy (non-hydrogen) atoms. The van der Waals surface area contributed by atoms with Crippen LogP contribution in [0.15, 0.2) is 23.1 Å². The molecule has 2 unspecified atom stereocenters. The molecule has 0 spiro atoms. The first-order valence-electron chi connectivity index (χ1n) is 7.81. The molecular formula is C15H22N4O3S. The summed E-state index contributed by atoms with van der Waals surface area (Å²) in [5, 5.41) is 2.47. The van der Waals surface area contributed by atoms with Crippen molar-refractivity contribution in [2.24, 2.45) is 0 Å². The Morgan fingerprint density at radius 1 is 1.39 bits per heavy atom. The monoisotopic (exact) mass is 338 g/mol. The molecule has 3 rings (SSSR count). The predicted octanol–water partition coefficient (Wildman–Crippen LogP) is 0.810. The van der Waals surface area contributed by atoms with E-state index in [0.29, 0.717) is 24.3 Å². The van der Waals surface area contributed by atoms with Gasteiger partial charge in [0.15, 0.2) is 15.5 Å². The normalized spacial score (nSPS) is 22.7. The first-order chi connectivity index (χ1) is 10.9. The number of hydrogen-bond acceptors (Lipinski definition) is 5. The summed E-state index contributed by atoms with van der Waals surface area (Å²) in [4.78, 5) is 18.5. The van der Waals surface area contributed by atoms with Crippen LogP contribution in [0.25, 0.3) is 5.65 Å². The Morgan fingerprint density at radius 2 is 2.13 bits per heavy atom. The van der Waals surface area contributed by atoms with Crippen molar-refractivity contribution >= 4 is 15.5 Å². The molecule has 126 valence electrons. The molecule has 0 radical (unpaired) electrons. The molecule has 0 aromatic carbocycles. The van der Waals surface area contributed by atoms with Crippen molar-refractivity contribution in [1.82, 2.24) is 19.5 Å². The van der Waals surface area contributed by atoms with Gasteiger partial charge in [0.05, 0.1) is 10.9 Å². The van der Waals surface area contributed by atoms with Crippen LogP contribution in [0.1, 0.15) is 31.4 Å². The van der Waals surface area contributed by atoms with Crippen LogP contribution < -0.4 is 5.56 Å². The molecule has 2 aromatic heterocycles. The van der Waals surface area contributed by atoms with Crippen molar-refractivity contribution in [1.29, 1.82) is 0 Å². The summed E-state index contributed by atoms with van der Waals surface area (Å²) in [6.45, 7) is 0.466. The summed E-state index contributed by atoms with van der Waals surface area (Å²) in [5.74, 6) is 0. The molecule has 1 aliphatic carbocycles. The minimum Gasteiger partial charge on any atom is -0.297 e. The van der Waals surface area contributed by atoms with Crippen molar-refractivity contribution in [3.8, 4) is 0 Å². The zero-order chi connectivity index (χ0) is 16.6. The van der Waals surface area contributed by atoms with Gasteiger partial charge in [-0.05, 0) is 19.9 Å². The lowest BCUT2D eigenvalue weighted by atomic mass is 9.94. The maximum absolute atomic E-state index is 12.0. The number of rotatable bonds is 4. The van der Waals surface area contributed by atoms with Gasteiger partial charge in [-0.1, -0.05) is 12.8 Å². The Hall–Kier alpha value is -1.67. The van der Waals surface area contributed by atoms with Gasteiger partial charge in [0.2, 0.25) is 0 Å². The standard InChI is InChI=1S/C15H22N4O3S/c1-18(12-5-3-4-6-13(12)23(2,21)22)10-11-9-15(20)19-14(17-11)7-8-16-19/h7-9,12-13,16H,3-6,10H2,1-2H3. The number of aromatic nitrogens is 3. The highest BCUT2D eigenvalue weighted by Crippen LogP contribution is 2.28. The number of sulfone groups is 1. The number of fused-ring (bicyclic) bond motifs is 1. The number of nitrogens with zero attached hydrogens (tertiary/aromatic N) is 3. The highest BCUT2D eigenvalue weighted by molar-refractivity contribution is 7.91. The van der Waals surface area contributed by atoms with Crippen molar-refractivity contribution in [3.63, 3.8) is 0 Å². The van der Waals surface area contributed by atoms with E-state index in [1.807, 2.05) is 11.9 Å². The SMILES string of the molecule is CN(Cc1cc(=O)n2[nH]ccc2n1)C1CCCCC1S(C)(=O)=O. The van der Waals surface area contributed by atoms with Gasteiger partial charge >= 0.3 is 0 Å². The van der Waals surface area contributed by atoms with Gasteiger partial charge in [0.25, 0.3) is 5.56 Å². The first-order valence-corrected chi connectivity index (χ1v) is 9.77.